The van der Waals surface area contributed by atoms with Gasteiger partial charge in [-0.3, -0.25) is 4.79 Å². The van der Waals surface area contributed by atoms with E-state index in [0.29, 0.717) is 11.5 Å². The lowest BCUT2D eigenvalue weighted by molar-refractivity contribution is -0.125. The number of amides is 1. The van der Waals surface area contributed by atoms with Crippen molar-refractivity contribution in [2.75, 3.05) is 6.54 Å². The Morgan fingerprint density at radius 1 is 1.69 bits per heavy atom. The van der Waals surface area contributed by atoms with E-state index in [4.69, 9.17) is 17.3 Å². The van der Waals surface area contributed by atoms with E-state index < -0.39 is 5.54 Å². The van der Waals surface area contributed by atoms with Gasteiger partial charge in [-0.05, 0) is 13.3 Å². The highest BCUT2D eigenvalue weighted by atomic mass is 35.5. The van der Waals surface area contributed by atoms with Gasteiger partial charge in [0.05, 0.1) is 12.1 Å². The Balaban J connectivity index is 4.01. The van der Waals surface area contributed by atoms with Crippen LogP contribution in [0.2, 0.25) is 0 Å². The number of hydrogen-bond acceptors (Lipinski definition) is 2. The summed E-state index contributed by atoms with van der Waals surface area (Å²) >= 11 is 5.50. The molecule has 13 heavy (non-hydrogen) atoms. The Bertz CT molecular complexity index is 202. The topological polar surface area (TPSA) is 55.1 Å². The molecule has 0 aromatic rings. The Labute approximate surface area is 84.3 Å². The van der Waals surface area contributed by atoms with E-state index in [1.807, 2.05) is 6.92 Å². The van der Waals surface area contributed by atoms with Crippen LogP contribution in [0.25, 0.3) is 0 Å². The lowest BCUT2D eigenvalue weighted by atomic mass is 9.97. The number of hydrogen-bond donors (Lipinski definition) is 2. The standard InChI is InChI=1S/C9H17ClN2O/c1-4-5-9(3,11)8(13)12-6-7(2)10/h2,4-6,11H2,1,3H3,(H,12,13). The summed E-state index contributed by atoms with van der Waals surface area (Å²) in [6.07, 6.45) is 1.54. The molecule has 3 nitrogen and oxygen atoms in total. The highest BCUT2D eigenvalue weighted by Crippen LogP contribution is 2.08. The summed E-state index contributed by atoms with van der Waals surface area (Å²) in [5, 5.41) is 3.02. The van der Waals surface area contributed by atoms with E-state index >= 15 is 0 Å². The van der Waals surface area contributed by atoms with E-state index in [9.17, 15) is 4.79 Å². The lowest BCUT2D eigenvalue weighted by Gasteiger charge is -2.22. The van der Waals surface area contributed by atoms with E-state index in [0.717, 1.165) is 6.42 Å². The number of nitrogens with one attached hydrogen (secondary N) is 1. The molecule has 0 heterocycles. The predicted molar refractivity (Wildman–Crippen MR) is 55.5 cm³/mol. The molecule has 76 valence electrons. The van der Waals surface area contributed by atoms with Crippen LogP contribution < -0.4 is 11.1 Å². The molecule has 3 N–H and O–H groups in total. The van der Waals surface area contributed by atoms with Gasteiger partial charge in [-0.2, -0.15) is 0 Å². The molecule has 0 aromatic heterocycles. The first-order valence-corrected chi connectivity index (χ1v) is 4.68. The van der Waals surface area contributed by atoms with Crippen LogP contribution >= 0.6 is 11.6 Å². The summed E-state index contributed by atoms with van der Waals surface area (Å²) in [5.74, 6) is -0.184. The maximum absolute atomic E-state index is 11.4. The van der Waals surface area contributed by atoms with Gasteiger partial charge < -0.3 is 11.1 Å². The van der Waals surface area contributed by atoms with Crippen LogP contribution in [0.1, 0.15) is 26.7 Å². The van der Waals surface area contributed by atoms with Gasteiger partial charge in [0.2, 0.25) is 5.91 Å². The number of carbonyl (C=O) groups excluding carboxylic acids is 1. The van der Waals surface area contributed by atoms with Crippen molar-refractivity contribution in [2.24, 2.45) is 5.73 Å². The van der Waals surface area contributed by atoms with Crippen molar-refractivity contribution in [3.63, 3.8) is 0 Å². The van der Waals surface area contributed by atoms with E-state index in [1.54, 1.807) is 6.92 Å². The minimum atomic E-state index is -0.804. The molecule has 4 heteroatoms. The molecule has 0 fully saturated rings. The van der Waals surface area contributed by atoms with Gasteiger partial charge in [0.1, 0.15) is 0 Å². The zero-order chi connectivity index (χ0) is 10.5. The molecule has 0 spiro atoms. The normalized spacial score (nSPS) is 14.8. The van der Waals surface area contributed by atoms with Crippen molar-refractivity contribution < 1.29 is 4.79 Å². The summed E-state index contributed by atoms with van der Waals surface area (Å²) < 4.78 is 0. The molecule has 0 rings (SSSR count). The highest BCUT2D eigenvalue weighted by Gasteiger charge is 2.26. The van der Waals surface area contributed by atoms with Gasteiger partial charge in [0.25, 0.3) is 0 Å². The minimum absolute atomic E-state index is 0.184. The van der Waals surface area contributed by atoms with E-state index in [2.05, 4.69) is 11.9 Å². The summed E-state index contributed by atoms with van der Waals surface area (Å²) in [4.78, 5) is 11.4. The van der Waals surface area contributed by atoms with Crippen molar-refractivity contribution in [3.8, 4) is 0 Å². The fourth-order valence-electron chi connectivity index (χ4n) is 1.01. The van der Waals surface area contributed by atoms with Gasteiger partial charge in [-0.15, -0.1) is 0 Å². The Morgan fingerprint density at radius 2 is 2.23 bits per heavy atom. The summed E-state index contributed by atoms with van der Waals surface area (Å²) in [6, 6.07) is 0. The van der Waals surface area contributed by atoms with Crippen LogP contribution in [0.4, 0.5) is 0 Å². The van der Waals surface area contributed by atoms with E-state index in [-0.39, 0.29) is 12.5 Å². The quantitative estimate of drug-likeness (QED) is 0.711. The summed E-state index contributed by atoms with van der Waals surface area (Å²) in [5.41, 5.74) is 4.97. The number of carbonyl (C=O) groups is 1. The average Bonchev–Trinajstić information content (AvgIpc) is 1.99. The maximum Gasteiger partial charge on any atom is 0.240 e. The van der Waals surface area contributed by atoms with Crippen molar-refractivity contribution in [1.29, 1.82) is 0 Å². The maximum atomic E-state index is 11.4. The molecular formula is C9H17ClN2O. The third kappa shape index (κ3) is 4.90. The van der Waals surface area contributed by atoms with Crippen LogP contribution in [0.5, 0.6) is 0 Å². The molecular weight excluding hydrogens is 188 g/mol. The minimum Gasteiger partial charge on any atom is -0.350 e. The van der Waals surface area contributed by atoms with Crippen molar-refractivity contribution in [2.45, 2.75) is 32.2 Å². The number of rotatable bonds is 5. The molecule has 1 amide bonds. The van der Waals surface area contributed by atoms with Crippen molar-refractivity contribution >= 4 is 17.5 Å². The largest absolute Gasteiger partial charge is 0.350 e. The predicted octanol–water partition coefficient (Wildman–Crippen LogP) is 1.37. The van der Waals surface area contributed by atoms with Crippen LogP contribution in [0.3, 0.4) is 0 Å². The molecule has 0 aromatic carbocycles. The second-order valence-electron chi connectivity index (χ2n) is 3.37. The second-order valence-corrected chi connectivity index (χ2v) is 3.90. The molecule has 0 saturated heterocycles. The Kier molecular flexibility index (Phi) is 5.03. The zero-order valence-electron chi connectivity index (χ0n) is 8.19. The first kappa shape index (κ1) is 12.5. The Hall–Kier alpha value is -0.540. The van der Waals surface area contributed by atoms with Gasteiger partial charge >= 0.3 is 0 Å². The average molecular weight is 205 g/mol. The smallest absolute Gasteiger partial charge is 0.240 e. The van der Waals surface area contributed by atoms with Crippen LogP contribution in [0.15, 0.2) is 11.6 Å². The van der Waals surface area contributed by atoms with Crippen molar-refractivity contribution in [1.82, 2.24) is 5.32 Å². The molecule has 0 radical (unpaired) electrons. The number of nitrogens with two attached hydrogens (primary N) is 1. The van der Waals surface area contributed by atoms with Gasteiger partial charge in [-0.1, -0.05) is 31.5 Å². The zero-order valence-corrected chi connectivity index (χ0v) is 8.95. The fourth-order valence-corrected chi connectivity index (χ4v) is 1.08. The highest BCUT2D eigenvalue weighted by molar-refractivity contribution is 6.29. The molecule has 0 bridgehead atoms. The molecule has 0 aliphatic carbocycles. The van der Waals surface area contributed by atoms with Gasteiger partial charge in [-0.25, -0.2) is 0 Å². The summed E-state index contributed by atoms with van der Waals surface area (Å²) in [7, 11) is 0. The fraction of sp³-hybridized carbons (Fsp3) is 0.667. The molecule has 1 atom stereocenters. The van der Waals surface area contributed by atoms with Crippen molar-refractivity contribution in [3.05, 3.63) is 11.6 Å². The second kappa shape index (κ2) is 5.25. The molecule has 1 unspecified atom stereocenters. The first-order valence-electron chi connectivity index (χ1n) is 4.30. The molecule has 0 aliphatic heterocycles. The third-order valence-electron chi connectivity index (χ3n) is 1.73. The van der Waals surface area contributed by atoms with E-state index in [1.165, 1.54) is 0 Å². The van der Waals surface area contributed by atoms with Crippen LogP contribution in [0, 0.1) is 0 Å². The number of halogens is 1. The SMILES string of the molecule is C=C(Cl)CNC(=O)C(C)(N)CCC. The van der Waals surface area contributed by atoms with Crippen LogP contribution in [-0.2, 0) is 4.79 Å². The lowest BCUT2D eigenvalue weighted by Crippen LogP contribution is -2.51. The monoisotopic (exact) mass is 204 g/mol. The van der Waals surface area contributed by atoms with Gasteiger partial charge in [0, 0.05) is 5.03 Å². The Morgan fingerprint density at radius 3 is 2.62 bits per heavy atom. The summed E-state index contributed by atoms with van der Waals surface area (Å²) in [6.45, 7) is 7.44. The van der Waals surface area contributed by atoms with Crippen LogP contribution in [-0.4, -0.2) is 18.0 Å². The van der Waals surface area contributed by atoms with Gasteiger partial charge in [0.15, 0.2) is 0 Å². The molecule has 0 aliphatic rings. The first-order chi connectivity index (χ1) is 5.90. The third-order valence-corrected chi connectivity index (χ3v) is 1.86. The molecule has 0 saturated carbocycles.